The maximum atomic E-state index is 11.1. The van der Waals surface area contributed by atoms with Crippen LogP contribution in [0.3, 0.4) is 0 Å². The molecule has 1 atom stereocenters. The van der Waals surface area contributed by atoms with E-state index in [1.807, 2.05) is 6.92 Å². The van der Waals surface area contributed by atoms with E-state index in [9.17, 15) is 13.5 Å². The number of nitrogens with one attached hydrogen (secondary N) is 1. The summed E-state index contributed by atoms with van der Waals surface area (Å²) < 4.78 is 22.2. The van der Waals surface area contributed by atoms with Crippen molar-refractivity contribution in [3.63, 3.8) is 0 Å². The molecular formula is C13H22N2O3S. The highest BCUT2D eigenvalue weighted by atomic mass is 32.2. The van der Waals surface area contributed by atoms with Crippen LogP contribution in [0.2, 0.25) is 0 Å². The summed E-state index contributed by atoms with van der Waals surface area (Å²) >= 11 is 0. The Labute approximate surface area is 114 Å². The number of nitrogens with two attached hydrogens (primary N) is 1. The quantitative estimate of drug-likeness (QED) is 0.715. The van der Waals surface area contributed by atoms with E-state index in [4.69, 9.17) is 5.14 Å². The van der Waals surface area contributed by atoms with Crippen molar-refractivity contribution in [2.45, 2.75) is 43.7 Å². The molecule has 0 aliphatic heterocycles. The van der Waals surface area contributed by atoms with Gasteiger partial charge in [-0.1, -0.05) is 12.1 Å². The third-order valence-electron chi connectivity index (χ3n) is 3.18. The summed E-state index contributed by atoms with van der Waals surface area (Å²) in [6, 6.07) is 6.48. The Morgan fingerprint density at radius 2 is 1.84 bits per heavy atom. The summed E-state index contributed by atoms with van der Waals surface area (Å²) in [5, 5.41) is 18.0. The SMILES string of the molecule is CC(NCCc1ccc(S(N)(=O)=O)cc1)C(C)(C)O. The van der Waals surface area contributed by atoms with Crippen LogP contribution in [-0.2, 0) is 16.4 Å². The van der Waals surface area contributed by atoms with E-state index in [1.165, 1.54) is 12.1 Å². The van der Waals surface area contributed by atoms with Crippen molar-refractivity contribution in [1.82, 2.24) is 5.32 Å². The van der Waals surface area contributed by atoms with Gasteiger partial charge in [0.25, 0.3) is 0 Å². The summed E-state index contributed by atoms with van der Waals surface area (Å²) in [6.45, 7) is 6.14. The fourth-order valence-electron chi connectivity index (χ4n) is 1.53. The molecule has 5 nitrogen and oxygen atoms in total. The van der Waals surface area contributed by atoms with Crippen molar-refractivity contribution in [3.05, 3.63) is 29.8 Å². The minimum Gasteiger partial charge on any atom is -0.389 e. The largest absolute Gasteiger partial charge is 0.389 e. The molecule has 0 saturated heterocycles. The third-order valence-corrected chi connectivity index (χ3v) is 4.10. The fourth-order valence-corrected chi connectivity index (χ4v) is 2.04. The molecule has 1 unspecified atom stereocenters. The van der Waals surface area contributed by atoms with Crippen LogP contribution < -0.4 is 10.5 Å². The van der Waals surface area contributed by atoms with Gasteiger partial charge in [0.05, 0.1) is 10.5 Å². The normalized spacial score (nSPS) is 14.4. The molecule has 1 aromatic rings. The molecule has 19 heavy (non-hydrogen) atoms. The Kier molecular flexibility index (Phi) is 5.09. The van der Waals surface area contributed by atoms with Crippen LogP contribution in [-0.4, -0.2) is 31.7 Å². The molecular weight excluding hydrogens is 264 g/mol. The van der Waals surface area contributed by atoms with Crippen molar-refractivity contribution >= 4 is 10.0 Å². The maximum absolute atomic E-state index is 11.1. The molecule has 0 aromatic heterocycles. The molecule has 0 fully saturated rings. The van der Waals surface area contributed by atoms with E-state index < -0.39 is 15.6 Å². The lowest BCUT2D eigenvalue weighted by Gasteiger charge is -2.26. The molecule has 108 valence electrons. The van der Waals surface area contributed by atoms with Crippen LogP contribution in [0.4, 0.5) is 0 Å². The van der Waals surface area contributed by atoms with E-state index in [2.05, 4.69) is 5.32 Å². The summed E-state index contributed by atoms with van der Waals surface area (Å²) in [5.41, 5.74) is 0.250. The lowest BCUT2D eigenvalue weighted by Crippen LogP contribution is -2.45. The van der Waals surface area contributed by atoms with Crippen molar-refractivity contribution in [3.8, 4) is 0 Å². The van der Waals surface area contributed by atoms with Crippen LogP contribution in [0.5, 0.6) is 0 Å². The molecule has 0 radical (unpaired) electrons. The predicted octanol–water partition coefficient (Wildman–Crippen LogP) is 0.625. The van der Waals surface area contributed by atoms with Crippen molar-refractivity contribution in [2.75, 3.05) is 6.54 Å². The van der Waals surface area contributed by atoms with Gasteiger partial charge in [-0.05, 0) is 51.4 Å². The molecule has 0 amide bonds. The Hall–Kier alpha value is -0.950. The zero-order valence-electron chi connectivity index (χ0n) is 11.6. The van der Waals surface area contributed by atoms with Crippen molar-refractivity contribution in [1.29, 1.82) is 0 Å². The first-order chi connectivity index (χ1) is 8.60. The Morgan fingerprint density at radius 1 is 1.32 bits per heavy atom. The topological polar surface area (TPSA) is 92.4 Å². The minimum atomic E-state index is -3.62. The second-order valence-electron chi connectivity index (χ2n) is 5.27. The molecule has 4 N–H and O–H groups in total. The van der Waals surface area contributed by atoms with Crippen molar-refractivity contribution in [2.24, 2.45) is 5.14 Å². The van der Waals surface area contributed by atoms with Crippen LogP contribution >= 0.6 is 0 Å². The highest BCUT2D eigenvalue weighted by Gasteiger charge is 2.21. The fraction of sp³-hybridized carbons (Fsp3) is 0.538. The highest BCUT2D eigenvalue weighted by molar-refractivity contribution is 7.89. The molecule has 0 saturated carbocycles. The average molecular weight is 286 g/mol. The third kappa shape index (κ3) is 5.28. The van der Waals surface area contributed by atoms with Gasteiger partial charge in [-0.3, -0.25) is 0 Å². The maximum Gasteiger partial charge on any atom is 0.238 e. The molecule has 1 rings (SSSR count). The van der Waals surface area contributed by atoms with Crippen LogP contribution in [0, 0.1) is 0 Å². The lowest BCUT2D eigenvalue weighted by atomic mass is 10.0. The van der Waals surface area contributed by atoms with Gasteiger partial charge in [0.1, 0.15) is 0 Å². The monoisotopic (exact) mass is 286 g/mol. The lowest BCUT2D eigenvalue weighted by molar-refractivity contribution is 0.0446. The number of primary sulfonamides is 1. The van der Waals surface area contributed by atoms with Gasteiger partial charge in [0.15, 0.2) is 0 Å². The first-order valence-corrected chi connectivity index (χ1v) is 7.73. The van der Waals surface area contributed by atoms with E-state index in [0.717, 1.165) is 12.0 Å². The van der Waals surface area contributed by atoms with E-state index in [1.54, 1.807) is 26.0 Å². The molecule has 0 aliphatic carbocycles. The number of benzene rings is 1. The van der Waals surface area contributed by atoms with E-state index in [0.29, 0.717) is 6.54 Å². The number of rotatable bonds is 6. The number of aliphatic hydroxyl groups is 1. The van der Waals surface area contributed by atoms with Gasteiger partial charge in [0.2, 0.25) is 10.0 Å². The molecule has 1 aromatic carbocycles. The predicted molar refractivity (Wildman–Crippen MR) is 75.3 cm³/mol. The summed E-state index contributed by atoms with van der Waals surface area (Å²) in [5.74, 6) is 0. The van der Waals surface area contributed by atoms with Gasteiger partial charge in [-0.25, -0.2) is 13.6 Å². The van der Waals surface area contributed by atoms with Crippen LogP contribution in [0.1, 0.15) is 26.3 Å². The first-order valence-electron chi connectivity index (χ1n) is 6.18. The minimum absolute atomic E-state index is 0.0174. The molecule has 0 heterocycles. The van der Waals surface area contributed by atoms with Gasteiger partial charge in [0, 0.05) is 6.04 Å². The summed E-state index contributed by atoms with van der Waals surface area (Å²) in [7, 11) is -3.62. The zero-order chi connectivity index (χ0) is 14.7. The number of hydrogen-bond acceptors (Lipinski definition) is 4. The second kappa shape index (κ2) is 6.00. The van der Waals surface area contributed by atoms with Crippen LogP contribution in [0.25, 0.3) is 0 Å². The van der Waals surface area contributed by atoms with Gasteiger partial charge in [-0.15, -0.1) is 0 Å². The molecule has 0 bridgehead atoms. The Bertz CT molecular complexity index is 504. The van der Waals surface area contributed by atoms with E-state index >= 15 is 0 Å². The van der Waals surface area contributed by atoms with Crippen LogP contribution in [0.15, 0.2) is 29.2 Å². The number of sulfonamides is 1. The van der Waals surface area contributed by atoms with Crippen molar-refractivity contribution < 1.29 is 13.5 Å². The van der Waals surface area contributed by atoms with Gasteiger partial charge < -0.3 is 10.4 Å². The second-order valence-corrected chi connectivity index (χ2v) is 6.83. The smallest absolute Gasteiger partial charge is 0.238 e. The Morgan fingerprint density at radius 3 is 2.26 bits per heavy atom. The highest BCUT2D eigenvalue weighted by Crippen LogP contribution is 2.10. The standard InChI is InChI=1S/C13H22N2O3S/c1-10(13(2,3)16)15-9-8-11-4-6-12(7-5-11)19(14,17)18/h4-7,10,15-16H,8-9H2,1-3H3,(H2,14,17,18). The van der Waals surface area contributed by atoms with Gasteiger partial charge >= 0.3 is 0 Å². The van der Waals surface area contributed by atoms with Gasteiger partial charge in [-0.2, -0.15) is 0 Å². The van der Waals surface area contributed by atoms with E-state index in [-0.39, 0.29) is 10.9 Å². The molecule has 0 aliphatic rings. The molecule has 0 spiro atoms. The number of hydrogen-bond donors (Lipinski definition) is 3. The molecule has 6 heteroatoms. The average Bonchev–Trinajstić information content (AvgIpc) is 2.27. The zero-order valence-corrected chi connectivity index (χ0v) is 12.4. The summed E-state index contributed by atoms with van der Waals surface area (Å²) in [4.78, 5) is 0.120. The summed E-state index contributed by atoms with van der Waals surface area (Å²) in [6.07, 6.45) is 0.755. The first kappa shape index (κ1) is 16.1. The Balaban J connectivity index is 2.52.